The average Bonchev–Trinajstić information content (AvgIpc) is 3.46. The van der Waals surface area contributed by atoms with Crippen molar-refractivity contribution in [3.05, 3.63) is 42.4 Å². The van der Waals surface area contributed by atoms with E-state index in [-0.39, 0.29) is 23.7 Å². The van der Waals surface area contributed by atoms with Gasteiger partial charge in [-0.15, -0.1) is 5.10 Å². The standard InChI is InChI=1S/C24H26N8O2/c1-13-7-15(13)24(33)29-20-8-16-17(9-27-20)22(25-2)28-10-18(16)23-30-21-4-3-14(12-32(21)31-23)19-11-26-5-6-34-19/h3-4,8-10,12-13,15,19,26H,5-7,11H2,1-2H3,(H,25,28)(H,27,29,33)/t13-,15+,19?/m1/s1/i2D3. The molecule has 10 nitrogen and oxygen atoms in total. The summed E-state index contributed by atoms with van der Waals surface area (Å²) in [5.41, 5.74) is 2.22. The quantitative estimate of drug-likeness (QED) is 0.415. The number of pyridine rings is 3. The van der Waals surface area contributed by atoms with Crippen molar-refractivity contribution in [2.45, 2.75) is 19.4 Å². The van der Waals surface area contributed by atoms with Crippen LogP contribution in [0.5, 0.6) is 0 Å². The molecule has 1 unspecified atom stereocenters. The molecule has 4 aromatic rings. The van der Waals surface area contributed by atoms with Crippen LogP contribution < -0.4 is 16.0 Å². The van der Waals surface area contributed by atoms with Crippen molar-refractivity contribution in [1.82, 2.24) is 29.9 Å². The Morgan fingerprint density at radius 1 is 1.29 bits per heavy atom. The summed E-state index contributed by atoms with van der Waals surface area (Å²) in [5, 5.41) is 14.4. The Balaban J connectivity index is 1.41. The third kappa shape index (κ3) is 3.74. The van der Waals surface area contributed by atoms with Crippen LogP contribution in [0.4, 0.5) is 11.6 Å². The molecule has 3 N–H and O–H groups in total. The number of rotatable bonds is 5. The van der Waals surface area contributed by atoms with Crippen LogP contribution in [0.15, 0.2) is 36.8 Å². The van der Waals surface area contributed by atoms with Gasteiger partial charge in [-0.2, -0.15) is 0 Å². The third-order valence-electron chi connectivity index (χ3n) is 6.48. The first-order chi connectivity index (χ1) is 17.7. The van der Waals surface area contributed by atoms with E-state index in [2.05, 4.69) is 36.0 Å². The Morgan fingerprint density at radius 2 is 2.21 bits per heavy atom. The predicted octanol–water partition coefficient (Wildman–Crippen LogP) is 2.64. The number of hydrogen-bond donors (Lipinski definition) is 3. The molecule has 34 heavy (non-hydrogen) atoms. The number of nitrogens with zero attached hydrogens (tertiary/aromatic N) is 5. The molecule has 10 heteroatoms. The van der Waals surface area contributed by atoms with Crippen molar-refractivity contribution in [3.8, 4) is 11.4 Å². The molecule has 174 valence electrons. The summed E-state index contributed by atoms with van der Waals surface area (Å²) in [6.07, 6.45) is 5.73. The Kier molecular flexibility index (Phi) is 4.34. The molecule has 2 aliphatic rings. The zero-order valence-corrected chi connectivity index (χ0v) is 18.6. The largest absolute Gasteiger partial charge is 0.373 e. The van der Waals surface area contributed by atoms with E-state index in [4.69, 9.17) is 8.85 Å². The average molecular weight is 462 g/mol. The number of carbonyl (C=O) groups excluding carboxylic acids is 1. The van der Waals surface area contributed by atoms with Crippen molar-refractivity contribution < 1.29 is 13.6 Å². The van der Waals surface area contributed by atoms with Crippen molar-refractivity contribution >= 4 is 34.0 Å². The monoisotopic (exact) mass is 461 g/mol. The molecule has 0 spiro atoms. The summed E-state index contributed by atoms with van der Waals surface area (Å²) in [7, 11) is 0. The van der Waals surface area contributed by atoms with Crippen LogP contribution in [-0.2, 0) is 9.53 Å². The van der Waals surface area contributed by atoms with Crippen LogP contribution >= 0.6 is 0 Å². The van der Waals surface area contributed by atoms with Gasteiger partial charge >= 0.3 is 0 Å². The van der Waals surface area contributed by atoms with Gasteiger partial charge in [-0.05, 0) is 24.5 Å². The van der Waals surface area contributed by atoms with Crippen LogP contribution in [0.3, 0.4) is 0 Å². The van der Waals surface area contributed by atoms with Gasteiger partial charge in [0.1, 0.15) is 11.6 Å². The summed E-state index contributed by atoms with van der Waals surface area (Å²) >= 11 is 0. The highest BCUT2D eigenvalue weighted by molar-refractivity contribution is 6.03. The van der Waals surface area contributed by atoms with Crippen LogP contribution in [0.1, 0.15) is 29.1 Å². The number of nitrogens with one attached hydrogen (secondary N) is 3. The van der Waals surface area contributed by atoms with Gasteiger partial charge < -0.3 is 20.7 Å². The molecule has 0 radical (unpaired) electrons. The lowest BCUT2D eigenvalue weighted by atomic mass is 10.1. The first-order valence-electron chi connectivity index (χ1n) is 12.8. The van der Waals surface area contributed by atoms with E-state index in [0.29, 0.717) is 46.2 Å². The van der Waals surface area contributed by atoms with Gasteiger partial charge in [-0.3, -0.25) is 4.79 Å². The molecule has 0 aromatic carbocycles. The lowest BCUT2D eigenvalue weighted by molar-refractivity contribution is -0.117. The fourth-order valence-electron chi connectivity index (χ4n) is 4.37. The minimum Gasteiger partial charge on any atom is -0.373 e. The Bertz CT molecular complexity index is 1500. The van der Waals surface area contributed by atoms with Gasteiger partial charge in [0, 0.05) is 70.6 Å². The Morgan fingerprint density at radius 3 is 3.00 bits per heavy atom. The van der Waals surface area contributed by atoms with Crippen molar-refractivity contribution in [2.75, 3.05) is 37.3 Å². The van der Waals surface area contributed by atoms with E-state index in [1.54, 1.807) is 10.6 Å². The van der Waals surface area contributed by atoms with Gasteiger partial charge in [-0.1, -0.05) is 13.0 Å². The molecule has 0 bridgehead atoms. The zero-order chi connectivity index (χ0) is 25.7. The number of ether oxygens (including phenoxy) is 1. The second-order valence-electron chi connectivity index (χ2n) is 8.83. The second kappa shape index (κ2) is 8.30. The molecular formula is C24H26N8O2. The topological polar surface area (TPSA) is 118 Å². The Labute approximate surface area is 200 Å². The third-order valence-corrected chi connectivity index (χ3v) is 6.48. The highest BCUT2D eigenvalue weighted by atomic mass is 16.5. The van der Waals surface area contributed by atoms with Gasteiger partial charge in [0.25, 0.3) is 0 Å². The molecule has 2 fully saturated rings. The summed E-state index contributed by atoms with van der Waals surface area (Å²) in [5.74, 6) is 1.22. The van der Waals surface area contributed by atoms with E-state index in [0.717, 1.165) is 25.1 Å². The normalized spacial score (nSPS) is 23.8. The number of hydrogen-bond acceptors (Lipinski definition) is 8. The number of amides is 1. The molecule has 1 aliphatic carbocycles. The van der Waals surface area contributed by atoms with E-state index in [9.17, 15) is 4.79 Å². The molecule has 1 aliphatic heterocycles. The maximum Gasteiger partial charge on any atom is 0.228 e. The van der Waals surface area contributed by atoms with Crippen LogP contribution in [-0.4, -0.2) is 57.1 Å². The van der Waals surface area contributed by atoms with Gasteiger partial charge in [0.15, 0.2) is 11.5 Å². The summed E-state index contributed by atoms with van der Waals surface area (Å²) in [6, 6.07) is 5.57. The molecule has 1 saturated heterocycles. The molecular weight excluding hydrogens is 432 g/mol. The highest BCUT2D eigenvalue weighted by Gasteiger charge is 2.39. The second-order valence-corrected chi connectivity index (χ2v) is 8.83. The fourth-order valence-corrected chi connectivity index (χ4v) is 4.37. The molecule has 1 amide bonds. The molecule has 5 heterocycles. The minimum atomic E-state index is -2.44. The van der Waals surface area contributed by atoms with E-state index in [1.807, 2.05) is 25.3 Å². The fraction of sp³-hybridized carbons (Fsp3) is 0.375. The lowest BCUT2D eigenvalue weighted by Crippen LogP contribution is -2.33. The van der Waals surface area contributed by atoms with E-state index >= 15 is 0 Å². The molecule has 1 saturated carbocycles. The first-order valence-corrected chi connectivity index (χ1v) is 11.3. The van der Waals surface area contributed by atoms with Crippen LogP contribution in [0, 0.1) is 11.8 Å². The number of carbonyl (C=O) groups is 1. The first kappa shape index (κ1) is 17.8. The molecule has 4 aromatic heterocycles. The SMILES string of the molecule is [2H]C([2H])([2H])Nc1ncc(-c2nc3ccc(C4CNCCO4)cn3n2)c2cc(NC(=O)[C@H]3C[C@H]3C)ncc12. The highest BCUT2D eigenvalue weighted by Crippen LogP contribution is 2.39. The van der Waals surface area contributed by atoms with E-state index in [1.165, 1.54) is 12.4 Å². The van der Waals surface area contributed by atoms with Gasteiger partial charge in [0.05, 0.1) is 12.7 Å². The maximum atomic E-state index is 12.5. The summed E-state index contributed by atoms with van der Waals surface area (Å²) < 4.78 is 30.4. The summed E-state index contributed by atoms with van der Waals surface area (Å²) in [6.45, 7) is 1.79. The minimum absolute atomic E-state index is 0.0140. The van der Waals surface area contributed by atoms with Crippen molar-refractivity contribution in [1.29, 1.82) is 0 Å². The Hall–Kier alpha value is -3.63. The predicted molar refractivity (Wildman–Crippen MR) is 129 cm³/mol. The van der Waals surface area contributed by atoms with Gasteiger partial charge in [0.2, 0.25) is 5.91 Å². The van der Waals surface area contributed by atoms with Crippen LogP contribution in [0.25, 0.3) is 27.8 Å². The molecule has 3 atom stereocenters. The molecule has 6 rings (SSSR count). The number of fused-ring (bicyclic) bond motifs is 2. The van der Waals surface area contributed by atoms with Crippen LogP contribution in [0.2, 0.25) is 0 Å². The van der Waals surface area contributed by atoms with Crippen molar-refractivity contribution in [2.24, 2.45) is 11.8 Å². The number of aromatic nitrogens is 5. The number of anilines is 2. The smallest absolute Gasteiger partial charge is 0.228 e. The summed E-state index contributed by atoms with van der Waals surface area (Å²) in [4.78, 5) is 25.9. The van der Waals surface area contributed by atoms with E-state index < -0.39 is 6.98 Å². The van der Waals surface area contributed by atoms with Gasteiger partial charge in [-0.25, -0.2) is 19.5 Å². The maximum absolute atomic E-state index is 12.5. The van der Waals surface area contributed by atoms with Crippen molar-refractivity contribution in [3.63, 3.8) is 0 Å². The zero-order valence-electron chi connectivity index (χ0n) is 21.6. The number of morpholine rings is 1. The lowest BCUT2D eigenvalue weighted by Gasteiger charge is -2.23.